The molecule has 0 radical (unpaired) electrons. The predicted octanol–water partition coefficient (Wildman–Crippen LogP) is 2.68. The number of carbonyl (C=O) groups is 1. The van der Waals surface area contributed by atoms with E-state index in [0.717, 1.165) is 0 Å². The summed E-state index contributed by atoms with van der Waals surface area (Å²) in [5, 5.41) is 11.6. The molecule has 4 nitrogen and oxygen atoms in total. The van der Waals surface area contributed by atoms with Gasteiger partial charge in [-0.05, 0) is 32.0 Å². The first kappa shape index (κ1) is 13.5. The molecule has 0 aliphatic carbocycles. The molecule has 90 valence electrons. The van der Waals surface area contributed by atoms with Crippen molar-refractivity contribution in [3.8, 4) is 11.8 Å². The maximum atomic E-state index is 11.7. The molecule has 5 heteroatoms. The van der Waals surface area contributed by atoms with Crippen LogP contribution in [-0.4, -0.2) is 17.3 Å². The smallest absolute Gasteiger partial charge is 0.240 e. The average Bonchev–Trinajstić information content (AvgIpc) is 2.27. The lowest BCUT2D eigenvalue weighted by Crippen LogP contribution is -2.30. The van der Waals surface area contributed by atoms with Gasteiger partial charge in [-0.3, -0.25) is 4.79 Å². The van der Waals surface area contributed by atoms with Crippen molar-refractivity contribution in [3.63, 3.8) is 0 Å². The van der Waals surface area contributed by atoms with Gasteiger partial charge in [-0.1, -0.05) is 15.9 Å². The van der Waals surface area contributed by atoms with Crippen molar-refractivity contribution in [2.75, 3.05) is 12.4 Å². The Morgan fingerprint density at radius 2 is 2.18 bits per heavy atom. The molecule has 0 heterocycles. The summed E-state index contributed by atoms with van der Waals surface area (Å²) in [6, 6.07) is 6.93. The van der Waals surface area contributed by atoms with E-state index in [1.54, 1.807) is 32.0 Å². The molecule has 0 saturated heterocycles. The molecule has 0 aliphatic rings. The van der Waals surface area contributed by atoms with Crippen molar-refractivity contribution >= 4 is 27.5 Å². The molecule has 1 amide bonds. The highest BCUT2D eigenvalue weighted by molar-refractivity contribution is 9.10. The molecule has 0 saturated carbocycles. The summed E-state index contributed by atoms with van der Waals surface area (Å²) in [5.74, 6) is 0.315. The molecular formula is C12H13BrN2O2. The number of anilines is 1. The predicted molar refractivity (Wildman–Crippen MR) is 69.3 cm³/mol. The summed E-state index contributed by atoms with van der Waals surface area (Å²) < 4.78 is 4.37. The number of nitriles is 1. The lowest BCUT2D eigenvalue weighted by atomic mass is 10.1. The number of carbonyl (C=O) groups excluding carboxylic acids is 1. The zero-order chi connectivity index (χ0) is 13.1. The number of hydrogen-bond donors (Lipinski definition) is 1. The van der Waals surface area contributed by atoms with Crippen molar-refractivity contribution in [2.45, 2.75) is 18.2 Å². The van der Waals surface area contributed by atoms with Crippen molar-refractivity contribution < 1.29 is 9.53 Å². The van der Waals surface area contributed by atoms with E-state index in [9.17, 15) is 4.79 Å². The Kier molecular flexibility index (Phi) is 4.13. The number of methoxy groups -OCH3 is 1. The Hall–Kier alpha value is -1.54. The second-order valence-electron chi connectivity index (χ2n) is 3.95. The number of nitrogens with zero attached hydrogens (tertiary/aromatic N) is 1. The summed E-state index contributed by atoms with van der Waals surface area (Å²) in [6.07, 6.45) is 0. The van der Waals surface area contributed by atoms with Crippen LogP contribution in [0, 0.1) is 11.3 Å². The number of halogens is 1. The quantitative estimate of drug-likeness (QED) is 0.872. The summed E-state index contributed by atoms with van der Waals surface area (Å²) in [6.45, 7) is 3.49. The molecule has 0 unspecified atom stereocenters. The van der Waals surface area contributed by atoms with Crippen molar-refractivity contribution in [1.82, 2.24) is 0 Å². The van der Waals surface area contributed by atoms with Gasteiger partial charge in [-0.2, -0.15) is 5.26 Å². The molecule has 1 aromatic carbocycles. The normalized spacial score (nSPS) is 10.5. The van der Waals surface area contributed by atoms with Gasteiger partial charge in [0, 0.05) is 5.69 Å². The van der Waals surface area contributed by atoms with Crippen LogP contribution in [0.1, 0.15) is 19.4 Å². The van der Waals surface area contributed by atoms with Crippen LogP contribution < -0.4 is 10.1 Å². The van der Waals surface area contributed by atoms with Gasteiger partial charge in [-0.15, -0.1) is 0 Å². The Morgan fingerprint density at radius 1 is 1.53 bits per heavy atom. The topological polar surface area (TPSA) is 62.1 Å². The number of benzene rings is 1. The van der Waals surface area contributed by atoms with Crippen LogP contribution in [0.25, 0.3) is 0 Å². The number of amides is 1. The van der Waals surface area contributed by atoms with Crippen LogP contribution in [0.5, 0.6) is 5.75 Å². The first-order chi connectivity index (χ1) is 7.88. The van der Waals surface area contributed by atoms with Crippen LogP contribution in [0.2, 0.25) is 0 Å². The Labute approximate surface area is 109 Å². The van der Waals surface area contributed by atoms with Crippen molar-refractivity contribution in [3.05, 3.63) is 23.8 Å². The molecule has 17 heavy (non-hydrogen) atoms. The van der Waals surface area contributed by atoms with Crippen LogP contribution in [0.15, 0.2) is 18.2 Å². The zero-order valence-corrected chi connectivity index (χ0v) is 11.5. The monoisotopic (exact) mass is 296 g/mol. The molecule has 0 atom stereocenters. The Balaban J connectivity index is 2.95. The fourth-order valence-corrected chi connectivity index (χ4v) is 1.25. The van der Waals surface area contributed by atoms with E-state index in [1.807, 2.05) is 6.07 Å². The van der Waals surface area contributed by atoms with Gasteiger partial charge in [0.15, 0.2) is 0 Å². The summed E-state index contributed by atoms with van der Waals surface area (Å²) in [7, 11) is 1.50. The van der Waals surface area contributed by atoms with E-state index < -0.39 is 4.32 Å². The number of hydrogen-bond acceptors (Lipinski definition) is 3. The van der Waals surface area contributed by atoms with Gasteiger partial charge in [-0.25, -0.2) is 0 Å². The minimum absolute atomic E-state index is 0.174. The maximum absolute atomic E-state index is 11.7. The first-order valence-corrected chi connectivity index (χ1v) is 5.76. The van der Waals surface area contributed by atoms with Crippen LogP contribution in [0.3, 0.4) is 0 Å². The van der Waals surface area contributed by atoms with Gasteiger partial charge in [0.05, 0.1) is 17.0 Å². The summed E-state index contributed by atoms with van der Waals surface area (Å²) in [4.78, 5) is 11.7. The van der Waals surface area contributed by atoms with Gasteiger partial charge in [0.1, 0.15) is 11.8 Å². The Morgan fingerprint density at radius 3 is 2.65 bits per heavy atom. The first-order valence-electron chi connectivity index (χ1n) is 4.97. The molecule has 1 rings (SSSR count). The molecule has 0 aromatic heterocycles. The van der Waals surface area contributed by atoms with E-state index in [4.69, 9.17) is 10.00 Å². The third-order valence-electron chi connectivity index (χ3n) is 2.12. The van der Waals surface area contributed by atoms with Crippen molar-refractivity contribution in [1.29, 1.82) is 5.26 Å². The largest absolute Gasteiger partial charge is 0.495 e. The van der Waals surface area contributed by atoms with Crippen LogP contribution in [-0.2, 0) is 4.79 Å². The molecular weight excluding hydrogens is 284 g/mol. The maximum Gasteiger partial charge on any atom is 0.240 e. The number of rotatable bonds is 3. The van der Waals surface area contributed by atoms with E-state index in [-0.39, 0.29) is 5.91 Å². The van der Waals surface area contributed by atoms with E-state index in [0.29, 0.717) is 17.0 Å². The minimum Gasteiger partial charge on any atom is -0.495 e. The average molecular weight is 297 g/mol. The Bertz CT molecular complexity index is 472. The van der Waals surface area contributed by atoms with Crippen LogP contribution >= 0.6 is 15.9 Å². The second kappa shape index (κ2) is 5.19. The minimum atomic E-state index is -0.653. The summed E-state index contributed by atoms with van der Waals surface area (Å²) in [5.41, 5.74) is 0.956. The molecule has 0 bridgehead atoms. The highest BCUT2D eigenvalue weighted by Gasteiger charge is 2.23. The summed E-state index contributed by atoms with van der Waals surface area (Å²) >= 11 is 3.26. The van der Waals surface area contributed by atoms with Gasteiger partial charge < -0.3 is 10.1 Å². The number of ether oxygens (including phenoxy) is 1. The number of alkyl halides is 1. The second-order valence-corrected chi connectivity index (χ2v) is 5.94. The van der Waals surface area contributed by atoms with E-state index >= 15 is 0 Å². The van der Waals surface area contributed by atoms with Gasteiger partial charge in [0.25, 0.3) is 0 Å². The molecule has 0 spiro atoms. The molecule has 0 aliphatic heterocycles. The van der Waals surface area contributed by atoms with Crippen molar-refractivity contribution in [2.24, 2.45) is 0 Å². The zero-order valence-electron chi connectivity index (χ0n) is 9.87. The van der Waals surface area contributed by atoms with E-state index in [2.05, 4.69) is 21.2 Å². The van der Waals surface area contributed by atoms with Gasteiger partial charge >= 0.3 is 0 Å². The lowest BCUT2D eigenvalue weighted by Gasteiger charge is -2.16. The van der Waals surface area contributed by atoms with E-state index in [1.165, 1.54) is 7.11 Å². The number of nitrogens with one attached hydrogen (secondary N) is 1. The van der Waals surface area contributed by atoms with Crippen LogP contribution in [0.4, 0.5) is 5.69 Å². The molecule has 0 fully saturated rings. The molecule has 1 aromatic rings. The standard InChI is InChI=1S/C12H13BrN2O2/c1-12(2,13)11(16)15-9-4-5-10(17-3)8(6-9)7-14/h4-6H,1-3H3,(H,15,16). The fraction of sp³-hybridized carbons (Fsp3) is 0.333. The third-order valence-corrected chi connectivity index (χ3v) is 2.48. The molecule has 1 N–H and O–H groups in total. The van der Waals surface area contributed by atoms with Gasteiger partial charge in [0.2, 0.25) is 5.91 Å². The lowest BCUT2D eigenvalue weighted by molar-refractivity contribution is -0.117. The SMILES string of the molecule is COc1ccc(NC(=O)C(C)(C)Br)cc1C#N. The third kappa shape index (κ3) is 3.46. The highest BCUT2D eigenvalue weighted by Crippen LogP contribution is 2.24. The fourth-order valence-electron chi connectivity index (χ4n) is 1.15. The highest BCUT2D eigenvalue weighted by atomic mass is 79.9.